The van der Waals surface area contributed by atoms with E-state index >= 15 is 0 Å². The van der Waals surface area contributed by atoms with Gasteiger partial charge in [-0.3, -0.25) is 0 Å². The molecule has 2 nitrogen and oxygen atoms in total. The third-order valence-corrected chi connectivity index (χ3v) is 2.66. The topological polar surface area (TPSA) is 24.1 Å². The Hall–Kier alpha value is -1.30. The first-order valence-electron chi connectivity index (χ1n) is 5.57. The van der Waals surface area contributed by atoms with Crippen LogP contribution in [0.5, 0.6) is 0 Å². The SMILES string of the molecule is CCC(C)NC(=S)Nc1cccc(C(F)(F)F)c1. The van der Waals surface area contributed by atoms with Crippen LogP contribution in [-0.2, 0) is 6.18 Å². The zero-order valence-corrected chi connectivity index (χ0v) is 11.0. The lowest BCUT2D eigenvalue weighted by molar-refractivity contribution is -0.137. The number of rotatable bonds is 3. The lowest BCUT2D eigenvalue weighted by Crippen LogP contribution is -2.35. The third-order valence-electron chi connectivity index (χ3n) is 2.44. The number of thiocarbonyl (C=S) groups is 1. The predicted molar refractivity (Wildman–Crippen MR) is 70.6 cm³/mol. The van der Waals surface area contributed by atoms with Crippen molar-refractivity contribution in [2.45, 2.75) is 32.5 Å². The molecule has 1 unspecified atom stereocenters. The smallest absolute Gasteiger partial charge is 0.360 e. The molecule has 0 heterocycles. The fraction of sp³-hybridized carbons (Fsp3) is 0.417. The first-order valence-corrected chi connectivity index (χ1v) is 5.98. The van der Waals surface area contributed by atoms with Gasteiger partial charge in [-0.25, -0.2) is 0 Å². The van der Waals surface area contributed by atoms with Crippen LogP contribution < -0.4 is 10.6 Å². The zero-order valence-electron chi connectivity index (χ0n) is 10.1. The van der Waals surface area contributed by atoms with Crippen molar-refractivity contribution in [2.75, 3.05) is 5.32 Å². The normalized spacial score (nSPS) is 12.9. The minimum absolute atomic E-state index is 0.177. The molecule has 18 heavy (non-hydrogen) atoms. The Bertz CT molecular complexity index is 418. The molecule has 1 aromatic rings. The van der Waals surface area contributed by atoms with Crippen LogP contribution in [-0.4, -0.2) is 11.2 Å². The van der Waals surface area contributed by atoms with Gasteiger partial charge in [0.25, 0.3) is 0 Å². The van der Waals surface area contributed by atoms with E-state index in [4.69, 9.17) is 12.2 Å². The number of halogens is 3. The molecule has 1 aromatic carbocycles. The van der Waals surface area contributed by atoms with Crippen LogP contribution in [0.2, 0.25) is 0 Å². The maximum absolute atomic E-state index is 12.5. The van der Waals surface area contributed by atoms with Crippen LogP contribution in [0.25, 0.3) is 0 Å². The third kappa shape index (κ3) is 4.52. The van der Waals surface area contributed by atoms with Crippen molar-refractivity contribution in [3.8, 4) is 0 Å². The summed E-state index contributed by atoms with van der Waals surface area (Å²) in [5.41, 5.74) is -0.371. The number of hydrogen-bond donors (Lipinski definition) is 2. The van der Waals surface area contributed by atoms with E-state index in [1.807, 2.05) is 13.8 Å². The summed E-state index contributed by atoms with van der Waals surface area (Å²) in [7, 11) is 0. The quantitative estimate of drug-likeness (QED) is 0.821. The monoisotopic (exact) mass is 276 g/mol. The molecule has 100 valence electrons. The average Bonchev–Trinajstić information content (AvgIpc) is 2.27. The fourth-order valence-electron chi connectivity index (χ4n) is 1.27. The van der Waals surface area contributed by atoms with Gasteiger partial charge in [-0.1, -0.05) is 13.0 Å². The van der Waals surface area contributed by atoms with Gasteiger partial charge >= 0.3 is 6.18 Å². The molecule has 6 heteroatoms. The largest absolute Gasteiger partial charge is 0.416 e. The highest BCUT2D eigenvalue weighted by Crippen LogP contribution is 2.30. The molecule has 0 aliphatic heterocycles. The predicted octanol–water partition coefficient (Wildman–Crippen LogP) is 3.79. The summed E-state index contributed by atoms with van der Waals surface area (Å²) in [6.07, 6.45) is -3.46. The molecule has 1 atom stereocenters. The van der Waals surface area contributed by atoms with Gasteiger partial charge in [0.05, 0.1) is 5.56 Å². The summed E-state index contributed by atoms with van der Waals surface area (Å²) in [6, 6.07) is 5.12. The highest BCUT2D eigenvalue weighted by atomic mass is 32.1. The van der Waals surface area contributed by atoms with Crippen LogP contribution in [0.1, 0.15) is 25.8 Å². The number of anilines is 1. The Morgan fingerprint density at radius 1 is 1.39 bits per heavy atom. The van der Waals surface area contributed by atoms with Crippen molar-refractivity contribution in [3.63, 3.8) is 0 Å². The molecule has 0 bridgehead atoms. The Morgan fingerprint density at radius 3 is 2.61 bits per heavy atom. The average molecular weight is 276 g/mol. The van der Waals surface area contributed by atoms with Crippen LogP contribution in [0.3, 0.4) is 0 Å². The van der Waals surface area contributed by atoms with Crippen molar-refractivity contribution in [1.82, 2.24) is 5.32 Å². The van der Waals surface area contributed by atoms with E-state index in [9.17, 15) is 13.2 Å². The Balaban J connectivity index is 2.71. The summed E-state index contributed by atoms with van der Waals surface area (Å²) in [5, 5.41) is 6.04. The first kappa shape index (κ1) is 14.8. The maximum Gasteiger partial charge on any atom is 0.416 e. The fourth-order valence-corrected chi connectivity index (χ4v) is 1.59. The van der Waals surface area contributed by atoms with Gasteiger partial charge in [-0.15, -0.1) is 0 Å². The molecule has 2 N–H and O–H groups in total. The van der Waals surface area contributed by atoms with Crippen molar-refractivity contribution < 1.29 is 13.2 Å². The van der Waals surface area contributed by atoms with Gasteiger partial charge in [-0.2, -0.15) is 13.2 Å². The molecule has 0 fully saturated rings. The lowest BCUT2D eigenvalue weighted by atomic mass is 10.2. The van der Waals surface area contributed by atoms with Gasteiger partial charge in [-0.05, 0) is 43.8 Å². The maximum atomic E-state index is 12.5. The number of alkyl halides is 3. The van der Waals surface area contributed by atoms with Crippen molar-refractivity contribution in [2.24, 2.45) is 0 Å². The second-order valence-electron chi connectivity index (χ2n) is 3.99. The number of nitrogens with one attached hydrogen (secondary N) is 2. The second-order valence-corrected chi connectivity index (χ2v) is 4.39. The summed E-state index contributed by atoms with van der Waals surface area (Å²) >= 11 is 5.01. The minimum atomic E-state index is -4.34. The van der Waals surface area contributed by atoms with Crippen LogP contribution in [0, 0.1) is 0 Å². The summed E-state index contributed by atoms with van der Waals surface area (Å²) in [4.78, 5) is 0. The molecule has 0 radical (unpaired) electrons. The first-order chi connectivity index (χ1) is 8.32. The van der Waals surface area contributed by atoms with Gasteiger partial charge in [0.15, 0.2) is 5.11 Å². The van der Waals surface area contributed by atoms with E-state index in [-0.39, 0.29) is 6.04 Å². The highest BCUT2D eigenvalue weighted by Gasteiger charge is 2.30. The van der Waals surface area contributed by atoms with Crippen LogP contribution >= 0.6 is 12.2 Å². The molecule has 0 spiro atoms. The standard InChI is InChI=1S/C12H15F3N2S/c1-3-8(2)16-11(18)17-10-6-4-5-9(7-10)12(13,14)15/h4-8H,3H2,1-2H3,(H2,16,17,18). The Kier molecular flexibility index (Phi) is 4.95. The molecule has 0 amide bonds. The van der Waals surface area contributed by atoms with Crippen LogP contribution in [0.4, 0.5) is 18.9 Å². The van der Waals surface area contributed by atoms with E-state index in [0.29, 0.717) is 10.8 Å². The Labute approximate surface area is 110 Å². The van der Waals surface area contributed by atoms with Gasteiger partial charge in [0, 0.05) is 11.7 Å². The summed E-state index contributed by atoms with van der Waals surface area (Å²) in [5.74, 6) is 0. The van der Waals surface area contributed by atoms with Crippen LogP contribution in [0.15, 0.2) is 24.3 Å². The minimum Gasteiger partial charge on any atom is -0.360 e. The van der Waals surface area contributed by atoms with Gasteiger partial charge in [0.1, 0.15) is 0 Å². The van der Waals surface area contributed by atoms with Gasteiger partial charge < -0.3 is 10.6 Å². The molecule has 0 aliphatic carbocycles. The zero-order chi connectivity index (χ0) is 13.8. The summed E-state index contributed by atoms with van der Waals surface area (Å²) < 4.78 is 37.5. The second kappa shape index (κ2) is 6.04. The van der Waals surface area contributed by atoms with E-state index in [2.05, 4.69) is 10.6 Å². The Morgan fingerprint density at radius 2 is 2.06 bits per heavy atom. The molecule has 1 rings (SSSR count). The van der Waals surface area contributed by atoms with E-state index in [1.54, 1.807) is 6.07 Å². The van der Waals surface area contributed by atoms with E-state index in [1.165, 1.54) is 6.07 Å². The van der Waals surface area contributed by atoms with E-state index in [0.717, 1.165) is 18.6 Å². The van der Waals surface area contributed by atoms with Crippen molar-refractivity contribution >= 4 is 23.0 Å². The molecule has 0 saturated carbocycles. The van der Waals surface area contributed by atoms with Gasteiger partial charge in [0.2, 0.25) is 0 Å². The van der Waals surface area contributed by atoms with Crippen molar-refractivity contribution in [3.05, 3.63) is 29.8 Å². The molecular formula is C12H15F3N2S. The molecule has 0 saturated heterocycles. The molecular weight excluding hydrogens is 261 g/mol. The lowest BCUT2D eigenvalue weighted by Gasteiger charge is -2.16. The number of hydrogen-bond acceptors (Lipinski definition) is 1. The van der Waals surface area contributed by atoms with Crippen molar-refractivity contribution in [1.29, 1.82) is 0 Å². The number of benzene rings is 1. The molecule has 0 aromatic heterocycles. The van der Waals surface area contributed by atoms with E-state index < -0.39 is 11.7 Å². The summed E-state index contributed by atoms with van der Waals surface area (Å²) in [6.45, 7) is 3.94. The molecule has 0 aliphatic rings. The highest BCUT2D eigenvalue weighted by molar-refractivity contribution is 7.80.